The highest BCUT2D eigenvalue weighted by atomic mass is 16.5. The second-order valence-electron chi connectivity index (χ2n) is 4.07. The Kier molecular flexibility index (Phi) is 5.65. The molecule has 0 aromatic heterocycles. The Bertz CT molecular complexity index is 314. The van der Waals surface area contributed by atoms with Crippen LogP contribution in [0.5, 0.6) is 5.75 Å². The molecule has 0 heterocycles. The molecule has 0 radical (unpaired) electrons. The Morgan fingerprint density at radius 1 is 1.25 bits per heavy atom. The van der Waals surface area contributed by atoms with Gasteiger partial charge in [-0.3, -0.25) is 0 Å². The van der Waals surface area contributed by atoms with Gasteiger partial charge in [0.15, 0.2) is 0 Å². The largest absolute Gasteiger partial charge is 0.497 e. The van der Waals surface area contributed by atoms with E-state index in [9.17, 15) is 0 Å². The Balaban J connectivity index is 2.32. The predicted molar refractivity (Wildman–Crippen MR) is 69.8 cm³/mol. The number of benzene rings is 1. The molecule has 1 N–H and O–H groups in total. The van der Waals surface area contributed by atoms with E-state index in [1.807, 2.05) is 12.1 Å². The lowest BCUT2D eigenvalue weighted by Crippen LogP contribution is -2.23. The molecule has 0 saturated heterocycles. The third kappa shape index (κ3) is 4.99. The molecule has 1 rings (SSSR count). The zero-order valence-corrected chi connectivity index (χ0v) is 10.4. The second-order valence-corrected chi connectivity index (χ2v) is 4.07. The Labute approximate surface area is 98.3 Å². The summed E-state index contributed by atoms with van der Waals surface area (Å²) in [5.74, 6) is 0.902. The first kappa shape index (κ1) is 12.8. The van der Waals surface area contributed by atoms with Gasteiger partial charge in [-0.15, -0.1) is 0 Å². The molecule has 0 atom stereocenters. The summed E-state index contributed by atoms with van der Waals surface area (Å²) in [5.41, 5.74) is 1.21. The number of methoxy groups -OCH3 is 1. The van der Waals surface area contributed by atoms with Gasteiger partial charge in [-0.1, -0.05) is 38.1 Å². The van der Waals surface area contributed by atoms with Crippen LogP contribution in [0.25, 0.3) is 6.08 Å². The molecule has 0 aliphatic carbocycles. The number of hydrogen-bond donors (Lipinski definition) is 1. The molecular formula is C14H21NO. The number of nitrogens with one attached hydrogen (secondary N) is 1. The highest BCUT2D eigenvalue weighted by molar-refractivity contribution is 5.50. The first-order chi connectivity index (χ1) is 7.72. The van der Waals surface area contributed by atoms with Crippen LogP contribution in [0.2, 0.25) is 0 Å². The maximum absolute atomic E-state index is 5.10. The van der Waals surface area contributed by atoms with Gasteiger partial charge in [0.1, 0.15) is 5.75 Å². The van der Waals surface area contributed by atoms with E-state index in [0.29, 0.717) is 6.04 Å². The van der Waals surface area contributed by atoms with Gasteiger partial charge in [0.05, 0.1) is 7.11 Å². The topological polar surface area (TPSA) is 21.3 Å². The minimum absolute atomic E-state index is 0.564. The van der Waals surface area contributed by atoms with Crippen LogP contribution in [-0.2, 0) is 0 Å². The molecular weight excluding hydrogens is 198 g/mol. The van der Waals surface area contributed by atoms with Gasteiger partial charge in [-0.05, 0) is 30.7 Å². The Hall–Kier alpha value is -1.28. The van der Waals surface area contributed by atoms with Gasteiger partial charge in [0.25, 0.3) is 0 Å². The van der Waals surface area contributed by atoms with Gasteiger partial charge in [0, 0.05) is 6.04 Å². The van der Waals surface area contributed by atoms with E-state index in [-0.39, 0.29) is 0 Å². The molecule has 1 aromatic rings. The SMILES string of the molecule is COc1ccc(C=CCCNC(C)C)cc1. The molecule has 2 heteroatoms. The van der Waals surface area contributed by atoms with E-state index >= 15 is 0 Å². The third-order valence-corrected chi connectivity index (χ3v) is 2.29. The van der Waals surface area contributed by atoms with E-state index in [1.54, 1.807) is 7.11 Å². The van der Waals surface area contributed by atoms with Crippen LogP contribution in [0, 0.1) is 0 Å². The molecule has 16 heavy (non-hydrogen) atoms. The smallest absolute Gasteiger partial charge is 0.118 e. The molecule has 2 nitrogen and oxygen atoms in total. The van der Waals surface area contributed by atoms with E-state index in [2.05, 4.69) is 43.4 Å². The molecule has 0 aliphatic heterocycles. The van der Waals surface area contributed by atoms with Gasteiger partial charge < -0.3 is 10.1 Å². The van der Waals surface area contributed by atoms with E-state index < -0.39 is 0 Å². The lowest BCUT2D eigenvalue weighted by atomic mass is 10.2. The summed E-state index contributed by atoms with van der Waals surface area (Å²) >= 11 is 0. The molecule has 0 spiro atoms. The fraction of sp³-hybridized carbons (Fsp3) is 0.429. The summed E-state index contributed by atoms with van der Waals surface area (Å²) in [6, 6.07) is 8.64. The normalized spacial score (nSPS) is 11.2. The minimum atomic E-state index is 0.564. The van der Waals surface area contributed by atoms with Crippen molar-refractivity contribution in [3.8, 4) is 5.75 Å². The molecule has 0 bridgehead atoms. The van der Waals surface area contributed by atoms with E-state index in [1.165, 1.54) is 5.56 Å². The lowest BCUT2D eigenvalue weighted by Gasteiger charge is -2.04. The molecule has 0 unspecified atom stereocenters. The minimum Gasteiger partial charge on any atom is -0.497 e. The van der Waals surface area contributed by atoms with Crippen molar-refractivity contribution in [3.05, 3.63) is 35.9 Å². The predicted octanol–water partition coefficient (Wildman–Crippen LogP) is 3.10. The summed E-state index contributed by atoms with van der Waals surface area (Å²) in [6.45, 7) is 5.35. The molecule has 88 valence electrons. The maximum Gasteiger partial charge on any atom is 0.118 e. The summed E-state index contributed by atoms with van der Waals surface area (Å²) < 4.78 is 5.10. The van der Waals surface area contributed by atoms with Crippen LogP contribution < -0.4 is 10.1 Å². The van der Waals surface area contributed by atoms with Crippen molar-refractivity contribution in [2.75, 3.05) is 13.7 Å². The summed E-state index contributed by atoms with van der Waals surface area (Å²) in [6.07, 6.45) is 5.39. The lowest BCUT2D eigenvalue weighted by molar-refractivity contribution is 0.415. The van der Waals surface area contributed by atoms with Crippen molar-refractivity contribution in [2.45, 2.75) is 26.3 Å². The monoisotopic (exact) mass is 219 g/mol. The van der Waals surface area contributed by atoms with Crippen LogP contribution >= 0.6 is 0 Å². The quantitative estimate of drug-likeness (QED) is 0.742. The van der Waals surface area contributed by atoms with Crippen LogP contribution in [0.1, 0.15) is 25.8 Å². The number of rotatable bonds is 6. The molecule has 1 aromatic carbocycles. The maximum atomic E-state index is 5.10. The van der Waals surface area contributed by atoms with Gasteiger partial charge >= 0.3 is 0 Å². The fourth-order valence-corrected chi connectivity index (χ4v) is 1.39. The zero-order valence-electron chi connectivity index (χ0n) is 10.4. The van der Waals surface area contributed by atoms with Gasteiger partial charge in [0.2, 0.25) is 0 Å². The molecule has 0 aliphatic rings. The summed E-state index contributed by atoms with van der Waals surface area (Å²) in [7, 11) is 1.68. The van der Waals surface area contributed by atoms with Crippen molar-refractivity contribution in [3.63, 3.8) is 0 Å². The highest BCUT2D eigenvalue weighted by Crippen LogP contribution is 2.12. The first-order valence-electron chi connectivity index (χ1n) is 5.76. The Morgan fingerprint density at radius 2 is 1.94 bits per heavy atom. The second kappa shape index (κ2) is 7.07. The first-order valence-corrected chi connectivity index (χ1v) is 5.76. The van der Waals surface area contributed by atoms with Crippen LogP contribution in [-0.4, -0.2) is 19.7 Å². The standard InChI is InChI=1S/C14H21NO/c1-12(2)15-11-5-4-6-13-7-9-14(16-3)10-8-13/h4,6-10,12,15H,5,11H2,1-3H3. The third-order valence-electron chi connectivity index (χ3n) is 2.29. The Morgan fingerprint density at radius 3 is 2.50 bits per heavy atom. The van der Waals surface area contributed by atoms with Gasteiger partial charge in [-0.25, -0.2) is 0 Å². The van der Waals surface area contributed by atoms with Crippen molar-refractivity contribution in [1.29, 1.82) is 0 Å². The molecule has 0 saturated carbocycles. The van der Waals surface area contributed by atoms with Crippen molar-refractivity contribution in [2.24, 2.45) is 0 Å². The van der Waals surface area contributed by atoms with E-state index in [0.717, 1.165) is 18.7 Å². The van der Waals surface area contributed by atoms with Crippen molar-refractivity contribution in [1.82, 2.24) is 5.32 Å². The number of hydrogen-bond acceptors (Lipinski definition) is 2. The van der Waals surface area contributed by atoms with Gasteiger partial charge in [-0.2, -0.15) is 0 Å². The van der Waals surface area contributed by atoms with E-state index in [4.69, 9.17) is 4.74 Å². The average molecular weight is 219 g/mol. The van der Waals surface area contributed by atoms with Crippen molar-refractivity contribution < 1.29 is 4.74 Å². The number of ether oxygens (including phenoxy) is 1. The summed E-state index contributed by atoms with van der Waals surface area (Å²) in [5, 5.41) is 3.38. The van der Waals surface area contributed by atoms with Crippen LogP contribution in [0.4, 0.5) is 0 Å². The van der Waals surface area contributed by atoms with Crippen LogP contribution in [0.15, 0.2) is 30.3 Å². The zero-order chi connectivity index (χ0) is 11.8. The highest BCUT2D eigenvalue weighted by Gasteiger charge is 1.91. The summed E-state index contributed by atoms with van der Waals surface area (Å²) in [4.78, 5) is 0. The fourth-order valence-electron chi connectivity index (χ4n) is 1.39. The molecule has 0 amide bonds. The molecule has 0 fully saturated rings. The average Bonchev–Trinajstić information content (AvgIpc) is 2.29. The van der Waals surface area contributed by atoms with Crippen LogP contribution in [0.3, 0.4) is 0 Å². The van der Waals surface area contributed by atoms with Crippen molar-refractivity contribution >= 4 is 6.08 Å².